The van der Waals surface area contributed by atoms with Gasteiger partial charge < -0.3 is 0 Å². The molecule has 4 nitrogen and oxygen atoms in total. The van der Waals surface area contributed by atoms with Crippen LogP contribution in [0.3, 0.4) is 0 Å². The van der Waals surface area contributed by atoms with Crippen LogP contribution in [0.2, 0.25) is 0 Å². The van der Waals surface area contributed by atoms with Crippen molar-refractivity contribution in [3.63, 3.8) is 0 Å². The normalized spacial score (nSPS) is 17.9. The first-order chi connectivity index (χ1) is 7.51. The zero-order valence-corrected chi connectivity index (χ0v) is 9.63. The second-order valence-electron chi connectivity index (χ2n) is 3.63. The first-order valence-electron chi connectivity index (χ1n) is 4.93. The Balaban J connectivity index is 2.42. The summed E-state index contributed by atoms with van der Waals surface area (Å²) in [6, 6.07) is 3.60. The number of aryl methyl sites for hydroxylation is 1. The largest absolute Gasteiger partial charge is 0.284 e. The number of sulfonamides is 1. The Labute approximate surface area is 93.6 Å². The van der Waals surface area contributed by atoms with Gasteiger partial charge in [-0.2, -0.15) is 0 Å². The van der Waals surface area contributed by atoms with E-state index in [4.69, 9.17) is 4.84 Å². The smallest absolute Gasteiger partial charge is 0.265 e. The molecule has 0 aliphatic carbocycles. The summed E-state index contributed by atoms with van der Waals surface area (Å²) in [5, 5.41) is 0. The fourth-order valence-corrected chi connectivity index (χ4v) is 3.13. The molecule has 0 bridgehead atoms. The molecule has 1 saturated heterocycles. The van der Waals surface area contributed by atoms with Crippen molar-refractivity contribution in [1.82, 2.24) is 4.47 Å². The molecule has 0 radical (unpaired) electrons. The number of rotatable bonds is 2. The van der Waals surface area contributed by atoms with Gasteiger partial charge in [-0.15, -0.1) is 0 Å². The maximum atomic E-state index is 12.9. The first kappa shape index (κ1) is 11.5. The third-order valence-corrected chi connectivity index (χ3v) is 4.24. The third-order valence-electron chi connectivity index (χ3n) is 2.40. The molecule has 88 valence electrons. The quantitative estimate of drug-likeness (QED) is 0.792. The van der Waals surface area contributed by atoms with Gasteiger partial charge in [0.2, 0.25) is 0 Å². The maximum absolute atomic E-state index is 12.9. The number of benzene rings is 1. The molecular formula is C10H12FNO3S. The summed E-state index contributed by atoms with van der Waals surface area (Å²) in [5.41, 5.74) is 0.385. The minimum absolute atomic E-state index is 0.0933. The van der Waals surface area contributed by atoms with E-state index in [0.717, 1.165) is 10.5 Å². The van der Waals surface area contributed by atoms with Crippen molar-refractivity contribution in [1.29, 1.82) is 0 Å². The number of hydroxylamine groups is 1. The predicted octanol–water partition coefficient (Wildman–Crippen LogP) is 1.46. The van der Waals surface area contributed by atoms with Crippen molar-refractivity contribution in [2.75, 3.05) is 13.2 Å². The van der Waals surface area contributed by atoms with Crippen LogP contribution < -0.4 is 0 Å². The Hall–Kier alpha value is -0.980. The highest BCUT2D eigenvalue weighted by molar-refractivity contribution is 7.89. The average molecular weight is 245 g/mol. The lowest BCUT2D eigenvalue weighted by Crippen LogP contribution is -2.27. The molecule has 6 heteroatoms. The van der Waals surface area contributed by atoms with Crippen molar-refractivity contribution < 1.29 is 17.6 Å². The van der Waals surface area contributed by atoms with Gasteiger partial charge in [0, 0.05) is 6.54 Å². The minimum Gasteiger partial charge on any atom is -0.284 e. The van der Waals surface area contributed by atoms with E-state index in [0.29, 0.717) is 25.1 Å². The van der Waals surface area contributed by atoms with E-state index in [1.54, 1.807) is 6.92 Å². The fraction of sp³-hybridized carbons (Fsp3) is 0.400. The number of hydrogen-bond acceptors (Lipinski definition) is 3. The van der Waals surface area contributed by atoms with Crippen LogP contribution in [0.15, 0.2) is 23.1 Å². The van der Waals surface area contributed by atoms with Crippen LogP contribution in [0.4, 0.5) is 4.39 Å². The summed E-state index contributed by atoms with van der Waals surface area (Å²) in [5.74, 6) is -0.446. The van der Waals surface area contributed by atoms with Gasteiger partial charge in [0.05, 0.1) is 11.5 Å². The summed E-state index contributed by atoms with van der Waals surface area (Å²) in [6.45, 7) is 2.31. The molecule has 2 rings (SSSR count). The van der Waals surface area contributed by atoms with Crippen LogP contribution in [-0.4, -0.2) is 26.0 Å². The molecule has 1 fully saturated rings. The standard InChI is InChI=1S/C10H12FNO3S/c1-8-7-9(11)3-4-10(8)16(13,14)12-5-2-6-15-12/h3-4,7H,2,5-6H2,1H3. The lowest BCUT2D eigenvalue weighted by molar-refractivity contribution is -0.0284. The van der Waals surface area contributed by atoms with Crippen molar-refractivity contribution in [3.05, 3.63) is 29.6 Å². The fourth-order valence-electron chi connectivity index (χ4n) is 1.63. The van der Waals surface area contributed by atoms with Gasteiger partial charge in [0.25, 0.3) is 10.0 Å². The molecule has 1 heterocycles. The van der Waals surface area contributed by atoms with Crippen molar-refractivity contribution in [2.24, 2.45) is 0 Å². The molecule has 0 unspecified atom stereocenters. The number of halogens is 1. The van der Waals surface area contributed by atoms with E-state index in [2.05, 4.69) is 0 Å². The van der Waals surface area contributed by atoms with E-state index < -0.39 is 15.8 Å². The van der Waals surface area contributed by atoms with Crippen LogP contribution in [0.5, 0.6) is 0 Å². The Morgan fingerprint density at radius 3 is 2.75 bits per heavy atom. The third kappa shape index (κ3) is 1.95. The first-order valence-corrected chi connectivity index (χ1v) is 6.37. The van der Waals surface area contributed by atoms with Gasteiger partial charge in [-0.1, -0.05) is 4.47 Å². The van der Waals surface area contributed by atoms with E-state index in [1.807, 2.05) is 0 Å². The van der Waals surface area contributed by atoms with Crippen LogP contribution in [-0.2, 0) is 14.9 Å². The Kier molecular flexibility index (Phi) is 2.96. The van der Waals surface area contributed by atoms with Gasteiger partial charge in [-0.05, 0) is 37.1 Å². The van der Waals surface area contributed by atoms with Crippen LogP contribution in [0.25, 0.3) is 0 Å². The maximum Gasteiger partial charge on any atom is 0.265 e. The topological polar surface area (TPSA) is 46.6 Å². The minimum atomic E-state index is -3.64. The van der Waals surface area contributed by atoms with E-state index in [-0.39, 0.29) is 4.90 Å². The SMILES string of the molecule is Cc1cc(F)ccc1S(=O)(=O)N1CCCO1. The zero-order valence-electron chi connectivity index (χ0n) is 8.81. The summed E-state index contributed by atoms with van der Waals surface area (Å²) in [7, 11) is -3.64. The predicted molar refractivity (Wildman–Crippen MR) is 55.6 cm³/mol. The second kappa shape index (κ2) is 4.12. The molecule has 1 aromatic rings. The van der Waals surface area contributed by atoms with Crippen molar-refractivity contribution >= 4 is 10.0 Å². The summed E-state index contributed by atoms with van der Waals surface area (Å²) in [4.78, 5) is 5.10. The highest BCUT2D eigenvalue weighted by Gasteiger charge is 2.29. The monoisotopic (exact) mass is 245 g/mol. The highest BCUT2D eigenvalue weighted by atomic mass is 32.2. The molecule has 0 N–H and O–H groups in total. The van der Waals surface area contributed by atoms with Crippen LogP contribution >= 0.6 is 0 Å². The molecule has 1 aromatic carbocycles. The molecule has 16 heavy (non-hydrogen) atoms. The van der Waals surface area contributed by atoms with E-state index >= 15 is 0 Å². The molecule has 0 spiro atoms. The van der Waals surface area contributed by atoms with Crippen LogP contribution in [0, 0.1) is 12.7 Å². The highest BCUT2D eigenvalue weighted by Crippen LogP contribution is 2.23. The van der Waals surface area contributed by atoms with Gasteiger partial charge in [0.1, 0.15) is 5.82 Å². The molecule has 0 amide bonds. The van der Waals surface area contributed by atoms with Crippen molar-refractivity contribution in [2.45, 2.75) is 18.2 Å². The average Bonchev–Trinajstić information content (AvgIpc) is 2.69. The van der Waals surface area contributed by atoms with E-state index in [9.17, 15) is 12.8 Å². The zero-order chi connectivity index (χ0) is 11.8. The Morgan fingerprint density at radius 2 is 2.19 bits per heavy atom. The van der Waals surface area contributed by atoms with E-state index in [1.165, 1.54) is 12.1 Å². The Morgan fingerprint density at radius 1 is 1.44 bits per heavy atom. The molecule has 1 aliphatic heterocycles. The molecule has 0 aromatic heterocycles. The van der Waals surface area contributed by atoms with Gasteiger partial charge >= 0.3 is 0 Å². The summed E-state index contributed by atoms with van der Waals surface area (Å²) >= 11 is 0. The van der Waals surface area contributed by atoms with Gasteiger partial charge in [-0.3, -0.25) is 4.84 Å². The van der Waals surface area contributed by atoms with Gasteiger partial charge in [0.15, 0.2) is 0 Å². The second-order valence-corrected chi connectivity index (χ2v) is 5.43. The van der Waals surface area contributed by atoms with Gasteiger partial charge in [-0.25, -0.2) is 12.8 Å². The summed E-state index contributed by atoms with van der Waals surface area (Å²) in [6.07, 6.45) is 0.680. The summed E-state index contributed by atoms with van der Waals surface area (Å²) < 4.78 is 37.9. The lowest BCUT2D eigenvalue weighted by atomic mass is 10.2. The van der Waals surface area contributed by atoms with Crippen LogP contribution in [0.1, 0.15) is 12.0 Å². The molecular weight excluding hydrogens is 233 g/mol. The molecule has 0 saturated carbocycles. The van der Waals surface area contributed by atoms with Crippen molar-refractivity contribution in [3.8, 4) is 0 Å². The molecule has 1 aliphatic rings. The molecule has 0 atom stereocenters. The lowest BCUT2D eigenvalue weighted by Gasteiger charge is -2.15. The Bertz CT molecular complexity index is 495. The number of hydrogen-bond donors (Lipinski definition) is 0. The number of nitrogens with zero attached hydrogens (tertiary/aromatic N) is 1.